The molecule has 1 aliphatic rings. The van der Waals surface area contributed by atoms with Gasteiger partial charge in [0, 0.05) is 23.8 Å². The molecule has 1 aliphatic heterocycles. The van der Waals surface area contributed by atoms with Crippen LogP contribution in [0.1, 0.15) is 28.6 Å². The van der Waals surface area contributed by atoms with Crippen molar-refractivity contribution in [3.05, 3.63) is 67.8 Å². The SMILES string of the molecule is COc1ccc([N+](=O)[O-])c(C(=O)Oc2ccc(C3OCCCO3)cc2[N+](=O)[O-])c1. The maximum absolute atomic E-state index is 12.5. The Hall–Kier alpha value is -3.57. The second-order valence-electron chi connectivity index (χ2n) is 5.94. The van der Waals surface area contributed by atoms with Gasteiger partial charge in [0.05, 0.1) is 30.2 Å². The third kappa shape index (κ3) is 4.47. The van der Waals surface area contributed by atoms with Crippen molar-refractivity contribution in [1.29, 1.82) is 0 Å². The van der Waals surface area contributed by atoms with E-state index in [1.807, 2.05) is 0 Å². The topological polar surface area (TPSA) is 140 Å². The fourth-order valence-electron chi connectivity index (χ4n) is 2.71. The molecule has 3 rings (SSSR count). The van der Waals surface area contributed by atoms with Crippen LogP contribution < -0.4 is 9.47 Å². The van der Waals surface area contributed by atoms with Gasteiger partial charge in [-0.05, 0) is 24.6 Å². The molecule has 11 nitrogen and oxygen atoms in total. The van der Waals surface area contributed by atoms with Gasteiger partial charge in [-0.15, -0.1) is 0 Å². The zero-order valence-electron chi connectivity index (χ0n) is 15.2. The van der Waals surface area contributed by atoms with Gasteiger partial charge in [-0.25, -0.2) is 4.79 Å². The standard InChI is InChI=1S/C18H16N2O9/c1-26-12-4-5-14(19(22)23)13(10-12)17(21)29-16-6-3-11(9-15(16)20(24)25)18-27-7-2-8-28-18/h3-6,9-10,18H,2,7-8H2,1H3. The van der Waals surface area contributed by atoms with E-state index in [1.54, 1.807) is 0 Å². The molecule has 0 amide bonds. The van der Waals surface area contributed by atoms with E-state index in [4.69, 9.17) is 18.9 Å². The quantitative estimate of drug-likeness (QED) is 0.307. The lowest BCUT2D eigenvalue weighted by Gasteiger charge is -2.23. The summed E-state index contributed by atoms with van der Waals surface area (Å²) in [5.41, 5.74) is -1.02. The second-order valence-corrected chi connectivity index (χ2v) is 5.94. The first-order chi connectivity index (χ1) is 13.9. The fraction of sp³-hybridized carbons (Fsp3) is 0.278. The van der Waals surface area contributed by atoms with Gasteiger partial charge in [0.15, 0.2) is 6.29 Å². The van der Waals surface area contributed by atoms with Crippen LogP contribution >= 0.6 is 0 Å². The van der Waals surface area contributed by atoms with Crippen LogP contribution in [0.5, 0.6) is 11.5 Å². The van der Waals surface area contributed by atoms with E-state index in [9.17, 15) is 25.0 Å². The summed E-state index contributed by atoms with van der Waals surface area (Å²) in [6, 6.07) is 7.40. The van der Waals surface area contributed by atoms with Crippen LogP contribution in [0.25, 0.3) is 0 Å². The number of nitrogens with zero attached hydrogens (tertiary/aromatic N) is 2. The highest BCUT2D eigenvalue weighted by Gasteiger charge is 2.27. The van der Waals surface area contributed by atoms with Gasteiger partial charge < -0.3 is 18.9 Å². The zero-order valence-corrected chi connectivity index (χ0v) is 15.2. The Morgan fingerprint density at radius 2 is 1.72 bits per heavy atom. The summed E-state index contributed by atoms with van der Waals surface area (Å²) in [6.45, 7) is 0.906. The summed E-state index contributed by atoms with van der Waals surface area (Å²) >= 11 is 0. The molecule has 0 unspecified atom stereocenters. The van der Waals surface area contributed by atoms with Gasteiger partial charge in [0.1, 0.15) is 11.3 Å². The van der Waals surface area contributed by atoms with Crippen LogP contribution in [0.4, 0.5) is 11.4 Å². The molecule has 1 fully saturated rings. The smallest absolute Gasteiger partial charge is 0.350 e. The third-order valence-corrected chi connectivity index (χ3v) is 4.10. The number of methoxy groups -OCH3 is 1. The van der Waals surface area contributed by atoms with Crippen LogP contribution in [0, 0.1) is 20.2 Å². The minimum absolute atomic E-state index is 0.194. The van der Waals surface area contributed by atoms with E-state index in [2.05, 4.69) is 0 Å². The summed E-state index contributed by atoms with van der Waals surface area (Å²) in [5, 5.41) is 22.6. The molecular weight excluding hydrogens is 388 g/mol. The van der Waals surface area contributed by atoms with Crippen molar-refractivity contribution in [2.24, 2.45) is 0 Å². The third-order valence-electron chi connectivity index (χ3n) is 4.10. The van der Waals surface area contributed by atoms with Gasteiger partial charge in [0.2, 0.25) is 5.75 Å². The Bertz CT molecular complexity index is 954. The van der Waals surface area contributed by atoms with Crippen LogP contribution in [0.2, 0.25) is 0 Å². The molecule has 152 valence electrons. The molecule has 29 heavy (non-hydrogen) atoms. The molecule has 0 bridgehead atoms. The number of ether oxygens (including phenoxy) is 4. The highest BCUT2D eigenvalue weighted by atomic mass is 16.7. The van der Waals surface area contributed by atoms with E-state index in [0.29, 0.717) is 25.2 Å². The van der Waals surface area contributed by atoms with Gasteiger partial charge in [0.25, 0.3) is 5.69 Å². The summed E-state index contributed by atoms with van der Waals surface area (Å²) in [6.07, 6.45) is -0.0418. The number of esters is 1. The summed E-state index contributed by atoms with van der Waals surface area (Å²) < 4.78 is 20.9. The maximum Gasteiger partial charge on any atom is 0.350 e. The van der Waals surface area contributed by atoms with Crippen molar-refractivity contribution in [2.75, 3.05) is 20.3 Å². The predicted molar refractivity (Wildman–Crippen MR) is 97.0 cm³/mol. The lowest BCUT2D eigenvalue weighted by molar-refractivity contribution is -0.386. The Morgan fingerprint density at radius 3 is 2.34 bits per heavy atom. The molecular formula is C18H16N2O9. The van der Waals surface area contributed by atoms with E-state index >= 15 is 0 Å². The molecule has 11 heteroatoms. The highest BCUT2D eigenvalue weighted by molar-refractivity contribution is 5.96. The molecule has 1 heterocycles. The van der Waals surface area contributed by atoms with Gasteiger partial charge in [-0.2, -0.15) is 0 Å². The average molecular weight is 404 g/mol. The Kier molecular flexibility index (Phi) is 6.00. The van der Waals surface area contributed by atoms with Crippen molar-refractivity contribution >= 4 is 17.3 Å². The molecule has 0 saturated carbocycles. The van der Waals surface area contributed by atoms with Crippen molar-refractivity contribution in [3.63, 3.8) is 0 Å². The van der Waals surface area contributed by atoms with Crippen LogP contribution in [-0.4, -0.2) is 36.1 Å². The van der Waals surface area contributed by atoms with Crippen LogP contribution in [-0.2, 0) is 9.47 Å². The monoisotopic (exact) mass is 404 g/mol. The number of rotatable bonds is 6. The largest absolute Gasteiger partial charge is 0.497 e. The Balaban J connectivity index is 1.92. The first kappa shape index (κ1) is 20.2. The van der Waals surface area contributed by atoms with E-state index < -0.39 is 39.0 Å². The summed E-state index contributed by atoms with van der Waals surface area (Å²) in [7, 11) is 1.33. The van der Waals surface area contributed by atoms with Crippen molar-refractivity contribution in [2.45, 2.75) is 12.7 Å². The zero-order chi connectivity index (χ0) is 21.0. The summed E-state index contributed by atoms with van der Waals surface area (Å²) in [5.74, 6) is -1.30. The second kappa shape index (κ2) is 8.63. The lowest BCUT2D eigenvalue weighted by Crippen LogP contribution is -2.18. The molecule has 0 aromatic heterocycles. The minimum atomic E-state index is -1.13. The number of nitro benzene ring substituents is 2. The average Bonchev–Trinajstić information content (AvgIpc) is 2.73. The first-order valence-corrected chi connectivity index (χ1v) is 8.47. The van der Waals surface area contributed by atoms with Gasteiger partial charge >= 0.3 is 11.7 Å². The van der Waals surface area contributed by atoms with Crippen LogP contribution in [0.3, 0.4) is 0 Å². The highest BCUT2D eigenvalue weighted by Crippen LogP contribution is 2.34. The van der Waals surface area contributed by atoms with Crippen molar-refractivity contribution < 1.29 is 33.6 Å². The molecule has 0 radical (unpaired) electrons. The number of hydrogen-bond acceptors (Lipinski definition) is 9. The van der Waals surface area contributed by atoms with E-state index in [-0.39, 0.29) is 11.5 Å². The normalized spacial score (nSPS) is 14.2. The minimum Gasteiger partial charge on any atom is -0.497 e. The number of carbonyl (C=O) groups is 1. The molecule has 1 saturated heterocycles. The van der Waals surface area contributed by atoms with Crippen molar-refractivity contribution in [3.8, 4) is 11.5 Å². The maximum atomic E-state index is 12.5. The lowest BCUT2D eigenvalue weighted by atomic mass is 10.1. The van der Waals surface area contributed by atoms with Crippen molar-refractivity contribution in [1.82, 2.24) is 0 Å². The molecule has 2 aromatic carbocycles. The number of carbonyl (C=O) groups excluding carboxylic acids is 1. The van der Waals surface area contributed by atoms with E-state index in [0.717, 1.165) is 12.1 Å². The Morgan fingerprint density at radius 1 is 1.03 bits per heavy atom. The summed E-state index contributed by atoms with van der Waals surface area (Å²) in [4.78, 5) is 33.7. The van der Waals surface area contributed by atoms with E-state index in [1.165, 1.54) is 31.4 Å². The predicted octanol–water partition coefficient (Wildman–Crippen LogP) is 3.17. The number of hydrogen-bond donors (Lipinski definition) is 0. The van der Waals surface area contributed by atoms with Gasteiger partial charge in [-0.3, -0.25) is 20.2 Å². The number of nitro groups is 2. The molecule has 0 N–H and O–H groups in total. The fourth-order valence-corrected chi connectivity index (χ4v) is 2.71. The Labute approximate surface area is 164 Å². The van der Waals surface area contributed by atoms with Crippen LogP contribution in [0.15, 0.2) is 36.4 Å². The molecule has 2 aromatic rings. The molecule has 0 atom stereocenters. The molecule has 0 spiro atoms. The first-order valence-electron chi connectivity index (χ1n) is 8.47. The number of benzene rings is 2. The van der Waals surface area contributed by atoms with Gasteiger partial charge in [-0.1, -0.05) is 0 Å². The molecule has 0 aliphatic carbocycles.